The van der Waals surface area contributed by atoms with Crippen LogP contribution in [-0.2, 0) is 9.59 Å². The minimum Gasteiger partial charge on any atom is -0.492 e. The van der Waals surface area contributed by atoms with Crippen molar-refractivity contribution in [1.29, 1.82) is 0 Å². The number of carbonyl (C=O) groups is 2. The number of anilines is 1. The fourth-order valence-electron chi connectivity index (χ4n) is 4.06. The van der Waals surface area contributed by atoms with E-state index in [1.54, 1.807) is 42.5 Å². The number of hydrogen-bond acceptors (Lipinski definition) is 4. The molecule has 0 atom stereocenters. The summed E-state index contributed by atoms with van der Waals surface area (Å²) < 4.78 is 5.70. The average Bonchev–Trinajstić information content (AvgIpc) is 3.00. The number of nitrogens with zero attached hydrogens (tertiary/aromatic N) is 2. The lowest BCUT2D eigenvalue weighted by atomic mass is 9.97. The average molecular weight is 425 g/mol. The van der Waals surface area contributed by atoms with Gasteiger partial charge in [0, 0.05) is 18.1 Å². The van der Waals surface area contributed by atoms with Crippen LogP contribution in [0.15, 0.2) is 54.2 Å². The third-order valence-corrected chi connectivity index (χ3v) is 5.95. The van der Waals surface area contributed by atoms with Crippen molar-refractivity contribution in [2.24, 2.45) is 5.92 Å². The normalized spacial score (nSPS) is 17.8. The maximum Gasteiger partial charge on any atom is 0.282 e. The molecule has 2 amide bonds. The van der Waals surface area contributed by atoms with Crippen molar-refractivity contribution < 1.29 is 14.3 Å². The number of likely N-dealkylation sites (tertiary alicyclic amines) is 1. The van der Waals surface area contributed by atoms with E-state index in [0.29, 0.717) is 45.8 Å². The molecule has 2 aromatic carbocycles. The number of ether oxygens (including phenoxy) is 1. The summed E-state index contributed by atoms with van der Waals surface area (Å²) in [4.78, 5) is 30.6. The van der Waals surface area contributed by atoms with Gasteiger partial charge in [0.2, 0.25) is 0 Å². The molecule has 4 rings (SSSR count). The van der Waals surface area contributed by atoms with E-state index in [1.165, 1.54) is 4.90 Å². The van der Waals surface area contributed by atoms with Gasteiger partial charge in [0.15, 0.2) is 0 Å². The molecule has 0 spiro atoms. The lowest BCUT2D eigenvalue weighted by molar-refractivity contribution is -0.120. The van der Waals surface area contributed by atoms with Crippen LogP contribution in [0.4, 0.5) is 5.69 Å². The zero-order valence-electron chi connectivity index (χ0n) is 17.2. The SMILES string of the molecule is CCOc1ccccc1N1C(=O)C(c2ccc(Cl)cc2)=C(N2CCC(C)CC2)C1=O. The van der Waals surface area contributed by atoms with Crippen LogP contribution in [0.1, 0.15) is 32.3 Å². The molecule has 2 aliphatic heterocycles. The van der Waals surface area contributed by atoms with Crippen LogP contribution in [0, 0.1) is 5.92 Å². The highest BCUT2D eigenvalue weighted by molar-refractivity contribution is 6.45. The van der Waals surface area contributed by atoms with E-state index in [0.717, 1.165) is 25.9 Å². The Labute approximate surface area is 181 Å². The first kappa shape index (κ1) is 20.5. The fourth-order valence-corrected chi connectivity index (χ4v) is 4.18. The Kier molecular flexibility index (Phi) is 5.82. The number of hydrogen-bond donors (Lipinski definition) is 0. The van der Waals surface area contributed by atoms with E-state index in [9.17, 15) is 9.59 Å². The van der Waals surface area contributed by atoms with Crippen LogP contribution in [0.25, 0.3) is 5.57 Å². The molecule has 0 radical (unpaired) electrons. The molecule has 156 valence electrons. The summed E-state index contributed by atoms with van der Waals surface area (Å²) in [6.45, 7) is 6.06. The molecule has 0 N–H and O–H groups in total. The molecule has 1 fully saturated rings. The van der Waals surface area contributed by atoms with Gasteiger partial charge in [0.05, 0.1) is 17.9 Å². The van der Waals surface area contributed by atoms with Gasteiger partial charge in [-0.05, 0) is 55.5 Å². The molecule has 5 nitrogen and oxygen atoms in total. The van der Waals surface area contributed by atoms with E-state index < -0.39 is 0 Å². The predicted molar refractivity (Wildman–Crippen MR) is 118 cm³/mol. The van der Waals surface area contributed by atoms with Crippen molar-refractivity contribution in [3.05, 3.63) is 64.8 Å². The molecule has 0 aliphatic carbocycles. The molecule has 6 heteroatoms. The summed E-state index contributed by atoms with van der Waals surface area (Å²) in [5.41, 5.74) is 2.07. The Bertz CT molecular complexity index is 992. The van der Waals surface area contributed by atoms with Crippen molar-refractivity contribution >= 4 is 34.7 Å². The Hall–Kier alpha value is -2.79. The van der Waals surface area contributed by atoms with Gasteiger partial charge in [0.1, 0.15) is 11.4 Å². The summed E-state index contributed by atoms with van der Waals surface area (Å²) in [5, 5.41) is 0.586. The number of para-hydroxylation sites is 2. The topological polar surface area (TPSA) is 49.9 Å². The largest absolute Gasteiger partial charge is 0.492 e. The maximum absolute atomic E-state index is 13.6. The highest BCUT2D eigenvalue weighted by Crippen LogP contribution is 2.39. The molecule has 2 aromatic rings. The zero-order chi connectivity index (χ0) is 21.3. The summed E-state index contributed by atoms with van der Waals surface area (Å²) in [5.74, 6) is 0.503. The van der Waals surface area contributed by atoms with Gasteiger partial charge in [0.25, 0.3) is 11.8 Å². The van der Waals surface area contributed by atoms with Gasteiger partial charge >= 0.3 is 0 Å². The monoisotopic (exact) mass is 424 g/mol. The van der Waals surface area contributed by atoms with Gasteiger partial charge in [-0.15, -0.1) is 0 Å². The summed E-state index contributed by atoms with van der Waals surface area (Å²) >= 11 is 6.06. The van der Waals surface area contributed by atoms with Crippen molar-refractivity contribution in [1.82, 2.24) is 4.90 Å². The van der Waals surface area contributed by atoms with Gasteiger partial charge in [-0.1, -0.05) is 42.8 Å². The lowest BCUT2D eigenvalue weighted by Crippen LogP contribution is -2.38. The van der Waals surface area contributed by atoms with Crippen molar-refractivity contribution in [2.45, 2.75) is 26.7 Å². The lowest BCUT2D eigenvalue weighted by Gasteiger charge is -2.32. The molecule has 2 heterocycles. The summed E-state index contributed by atoms with van der Waals surface area (Å²) in [6, 6.07) is 14.3. The minimum absolute atomic E-state index is 0.299. The second-order valence-corrected chi connectivity index (χ2v) is 8.18. The van der Waals surface area contributed by atoms with Gasteiger partial charge in [-0.3, -0.25) is 9.59 Å². The number of piperidine rings is 1. The first-order valence-corrected chi connectivity index (χ1v) is 10.7. The number of halogens is 1. The Balaban J connectivity index is 1.81. The Morgan fingerprint density at radius 2 is 1.67 bits per heavy atom. The molecule has 30 heavy (non-hydrogen) atoms. The number of carbonyl (C=O) groups excluding carboxylic acids is 2. The van der Waals surface area contributed by atoms with Gasteiger partial charge in [-0.25, -0.2) is 4.90 Å². The molecule has 0 saturated carbocycles. The standard InChI is InChI=1S/C24H25ClN2O3/c1-3-30-20-7-5-4-6-19(20)27-23(28)21(17-8-10-18(25)11-9-17)22(24(27)29)26-14-12-16(2)13-15-26/h4-11,16H,3,12-15H2,1-2H3. The molecule has 0 unspecified atom stereocenters. The van der Waals surface area contributed by atoms with Crippen LogP contribution in [-0.4, -0.2) is 36.4 Å². The fraction of sp³-hybridized carbons (Fsp3) is 0.333. The van der Waals surface area contributed by atoms with E-state index >= 15 is 0 Å². The molecule has 0 bridgehead atoms. The third kappa shape index (κ3) is 3.70. The van der Waals surface area contributed by atoms with E-state index in [1.807, 2.05) is 13.0 Å². The molecule has 1 saturated heterocycles. The first-order chi connectivity index (χ1) is 14.5. The highest BCUT2D eigenvalue weighted by Gasteiger charge is 2.43. The highest BCUT2D eigenvalue weighted by atomic mass is 35.5. The van der Waals surface area contributed by atoms with Crippen molar-refractivity contribution in [3.8, 4) is 5.75 Å². The van der Waals surface area contributed by atoms with Crippen LogP contribution in [0.5, 0.6) is 5.75 Å². The van der Waals surface area contributed by atoms with E-state index in [-0.39, 0.29) is 11.8 Å². The minimum atomic E-state index is -0.330. The van der Waals surface area contributed by atoms with E-state index in [2.05, 4.69) is 11.8 Å². The smallest absolute Gasteiger partial charge is 0.282 e. The number of rotatable bonds is 5. The molecular formula is C24H25ClN2O3. The molecule has 0 aromatic heterocycles. The molecular weight excluding hydrogens is 400 g/mol. The number of imide groups is 1. The predicted octanol–water partition coefficient (Wildman–Crippen LogP) is 4.76. The molecule has 2 aliphatic rings. The summed E-state index contributed by atoms with van der Waals surface area (Å²) in [6.07, 6.45) is 1.99. The van der Waals surface area contributed by atoms with Crippen LogP contribution < -0.4 is 9.64 Å². The summed E-state index contributed by atoms with van der Waals surface area (Å²) in [7, 11) is 0. The zero-order valence-corrected chi connectivity index (χ0v) is 18.0. The Morgan fingerprint density at radius 1 is 1.00 bits per heavy atom. The second kappa shape index (κ2) is 8.52. The van der Waals surface area contributed by atoms with E-state index in [4.69, 9.17) is 16.3 Å². The van der Waals surface area contributed by atoms with Gasteiger partial charge < -0.3 is 9.64 Å². The van der Waals surface area contributed by atoms with Crippen LogP contribution >= 0.6 is 11.6 Å². The number of amides is 2. The second-order valence-electron chi connectivity index (χ2n) is 7.75. The Morgan fingerprint density at radius 3 is 2.33 bits per heavy atom. The number of benzene rings is 2. The maximum atomic E-state index is 13.6. The van der Waals surface area contributed by atoms with Crippen molar-refractivity contribution in [3.63, 3.8) is 0 Å². The third-order valence-electron chi connectivity index (χ3n) is 5.70. The first-order valence-electron chi connectivity index (χ1n) is 10.4. The quantitative estimate of drug-likeness (QED) is 0.649. The van der Waals surface area contributed by atoms with Gasteiger partial charge in [-0.2, -0.15) is 0 Å². The van der Waals surface area contributed by atoms with Crippen LogP contribution in [0.2, 0.25) is 5.02 Å². The van der Waals surface area contributed by atoms with Crippen LogP contribution in [0.3, 0.4) is 0 Å². The van der Waals surface area contributed by atoms with Crippen molar-refractivity contribution in [2.75, 3.05) is 24.6 Å².